The van der Waals surface area contributed by atoms with Crippen LogP contribution in [0.4, 0.5) is 5.69 Å². The lowest BCUT2D eigenvalue weighted by molar-refractivity contribution is 0.312. The van der Waals surface area contributed by atoms with Crippen molar-refractivity contribution in [2.24, 2.45) is 0 Å². The lowest BCUT2D eigenvalue weighted by atomic mass is 10.1. The number of halogens is 2. The molecule has 0 saturated carbocycles. The highest BCUT2D eigenvalue weighted by Gasteiger charge is 2.18. The Morgan fingerprint density at radius 3 is 2.56 bits per heavy atom. The fourth-order valence-electron chi connectivity index (χ4n) is 2.05. The van der Waals surface area contributed by atoms with E-state index in [1.54, 1.807) is 0 Å². The summed E-state index contributed by atoms with van der Waals surface area (Å²) in [6.45, 7) is 4.32. The third-order valence-corrected chi connectivity index (χ3v) is 3.94. The molecule has 0 spiro atoms. The van der Waals surface area contributed by atoms with Crippen molar-refractivity contribution >= 4 is 33.2 Å². The average Bonchev–Trinajstić information content (AvgIpc) is 2.30. The first-order valence-corrected chi connectivity index (χ1v) is 6.99. The molecule has 4 heteroatoms. The fraction of sp³-hybridized carbons (Fsp3) is 0.500. The number of para-hydroxylation sites is 1. The van der Waals surface area contributed by atoms with E-state index in [1.807, 2.05) is 12.1 Å². The van der Waals surface area contributed by atoms with Gasteiger partial charge in [0.05, 0.1) is 10.7 Å². The molecule has 0 aromatic heterocycles. The van der Waals surface area contributed by atoms with Crippen LogP contribution in [0.15, 0.2) is 18.2 Å². The molecule has 0 N–H and O–H groups in total. The maximum Gasteiger partial charge on any atom is 0.0642 e. The average molecular weight is 304 g/mol. The number of nitrogens with zero attached hydrogens (tertiary/aromatic N) is 2. The second kappa shape index (κ2) is 5.39. The summed E-state index contributed by atoms with van der Waals surface area (Å²) in [7, 11) is 2.16. The van der Waals surface area contributed by atoms with Gasteiger partial charge >= 0.3 is 0 Å². The van der Waals surface area contributed by atoms with Crippen LogP contribution in [0.1, 0.15) is 5.56 Å². The summed E-state index contributed by atoms with van der Waals surface area (Å²) < 4.78 is 0. The van der Waals surface area contributed by atoms with E-state index in [9.17, 15) is 0 Å². The molecule has 1 aliphatic rings. The van der Waals surface area contributed by atoms with Crippen LogP contribution < -0.4 is 4.90 Å². The lowest BCUT2D eigenvalue weighted by Crippen LogP contribution is -2.44. The van der Waals surface area contributed by atoms with Gasteiger partial charge in [0.15, 0.2) is 0 Å². The monoisotopic (exact) mass is 302 g/mol. The Balaban J connectivity index is 2.25. The molecule has 88 valence electrons. The number of anilines is 1. The zero-order valence-electron chi connectivity index (χ0n) is 9.42. The zero-order valence-corrected chi connectivity index (χ0v) is 11.8. The van der Waals surface area contributed by atoms with Gasteiger partial charge in [-0.1, -0.05) is 39.7 Å². The summed E-state index contributed by atoms with van der Waals surface area (Å²) in [6.07, 6.45) is 0. The second-order valence-corrected chi connectivity index (χ2v) is 5.14. The molecule has 1 aromatic rings. The van der Waals surface area contributed by atoms with Crippen molar-refractivity contribution in [2.75, 3.05) is 38.1 Å². The van der Waals surface area contributed by atoms with Crippen LogP contribution in [0.2, 0.25) is 5.02 Å². The summed E-state index contributed by atoms with van der Waals surface area (Å²) in [5.41, 5.74) is 2.48. The molecule has 1 aromatic carbocycles. The lowest BCUT2D eigenvalue weighted by Gasteiger charge is -2.35. The fourth-order valence-corrected chi connectivity index (χ4v) is 2.82. The highest BCUT2D eigenvalue weighted by atomic mass is 79.9. The van der Waals surface area contributed by atoms with Crippen LogP contribution in [-0.4, -0.2) is 38.1 Å². The van der Waals surface area contributed by atoms with E-state index in [0.717, 1.165) is 36.5 Å². The van der Waals surface area contributed by atoms with Gasteiger partial charge in [0.2, 0.25) is 0 Å². The van der Waals surface area contributed by atoms with E-state index >= 15 is 0 Å². The maximum absolute atomic E-state index is 6.30. The molecule has 1 saturated heterocycles. The molecule has 1 aliphatic heterocycles. The highest BCUT2D eigenvalue weighted by molar-refractivity contribution is 9.08. The smallest absolute Gasteiger partial charge is 0.0642 e. The normalized spacial score (nSPS) is 17.8. The summed E-state index contributed by atoms with van der Waals surface area (Å²) in [5.74, 6) is 0. The minimum absolute atomic E-state index is 0.856. The van der Waals surface area contributed by atoms with E-state index in [1.165, 1.54) is 11.3 Å². The van der Waals surface area contributed by atoms with Crippen molar-refractivity contribution in [3.05, 3.63) is 28.8 Å². The minimum Gasteiger partial charge on any atom is -0.368 e. The van der Waals surface area contributed by atoms with Crippen LogP contribution in [0.3, 0.4) is 0 Å². The van der Waals surface area contributed by atoms with E-state index in [2.05, 4.69) is 38.8 Å². The second-order valence-electron chi connectivity index (χ2n) is 4.17. The summed E-state index contributed by atoms with van der Waals surface area (Å²) >= 11 is 9.83. The minimum atomic E-state index is 0.856. The molecule has 0 bridgehead atoms. The molecule has 16 heavy (non-hydrogen) atoms. The van der Waals surface area contributed by atoms with Gasteiger partial charge in [-0.3, -0.25) is 0 Å². The van der Waals surface area contributed by atoms with E-state index in [4.69, 9.17) is 11.6 Å². The van der Waals surface area contributed by atoms with Gasteiger partial charge in [0, 0.05) is 31.5 Å². The van der Waals surface area contributed by atoms with E-state index in [0.29, 0.717) is 0 Å². The van der Waals surface area contributed by atoms with Gasteiger partial charge in [-0.2, -0.15) is 0 Å². The molecule has 1 heterocycles. The van der Waals surface area contributed by atoms with Crippen molar-refractivity contribution in [1.82, 2.24) is 4.90 Å². The van der Waals surface area contributed by atoms with Crippen LogP contribution in [-0.2, 0) is 5.33 Å². The summed E-state index contributed by atoms with van der Waals surface area (Å²) in [4.78, 5) is 4.74. The van der Waals surface area contributed by atoms with Crippen molar-refractivity contribution in [2.45, 2.75) is 5.33 Å². The van der Waals surface area contributed by atoms with Crippen molar-refractivity contribution in [3.8, 4) is 0 Å². The van der Waals surface area contributed by atoms with Crippen molar-refractivity contribution < 1.29 is 0 Å². The van der Waals surface area contributed by atoms with Crippen LogP contribution in [0.25, 0.3) is 0 Å². The first-order chi connectivity index (χ1) is 7.72. The first kappa shape index (κ1) is 12.2. The zero-order chi connectivity index (χ0) is 11.5. The molecule has 0 radical (unpaired) electrons. The number of alkyl halides is 1. The van der Waals surface area contributed by atoms with Crippen molar-refractivity contribution in [1.29, 1.82) is 0 Å². The quantitative estimate of drug-likeness (QED) is 0.775. The Labute approximate surface area is 110 Å². The number of piperazine rings is 1. The van der Waals surface area contributed by atoms with Crippen LogP contribution in [0.5, 0.6) is 0 Å². The molecule has 0 aliphatic carbocycles. The maximum atomic E-state index is 6.30. The predicted molar refractivity (Wildman–Crippen MR) is 73.8 cm³/mol. The predicted octanol–water partition coefficient (Wildman–Crippen LogP) is 2.99. The number of hydrogen-bond donors (Lipinski definition) is 0. The summed E-state index contributed by atoms with van der Waals surface area (Å²) in [5, 5.41) is 1.72. The Hall–Kier alpha value is -0.250. The molecule has 0 unspecified atom stereocenters. The Bertz CT molecular complexity index is 362. The van der Waals surface area contributed by atoms with Gasteiger partial charge in [0.1, 0.15) is 0 Å². The molecule has 2 nitrogen and oxygen atoms in total. The Kier molecular flexibility index (Phi) is 4.11. The van der Waals surface area contributed by atoms with Gasteiger partial charge in [0.25, 0.3) is 0 Å². The topological polar surface area (TPSA) is 6.48 Å². The Morgan fingerprint density at radius 2 is 1.94 bits per heavy atom. The molecule has 0 atom stereocenters. The van der Waals surface area contributed by atoms with Gasteiger partial charge in [-0.25, -0.2) is 0 Å². The molecule has 1 fully saturated rings. The Morgan fingerprint density at radius 1 is 1.25 bits per heavy atom. The number of rotatable bonds is 2. The molecule has 2 rings (SSSR count). The third kappa shape index (κ3) is 2.53. The van der Waals surface area contributed by atoms with Gasteiger partial charge < -0.3 is 9.80 Å². The standard InChI is InChI=1S/C12H16BrClN2/c1-15-5-7-16(8-6-15)12-10(9-13)3-2-4-11(12)14/h2-4H,5-9H2,1H3. The van der Waals surface area contributed by atoms with E-state index in [-0.39, 0.29) is 0 Å². The van der Waals surface area contributed by atoms with Crippen molar-refractivity contribution in [3.63, 3.8) is 0 Å². The number of likely N-dealkylation sites (N-methyl/N-ethyl adjacent to an activating group) is 1. The van der Waals surface area contributed by atoms with Gasteiger partial charge in [-0.15, -0.1) is 0 Å². The summed E-state index contributed by atoms with van der Waals surface area (Å²) in [6, 6.07) is 6.12. The SMILES string of the molecule is CN1CCN(c2c(Cl)cccc2CBr)CC1. The first-order valence-electron chi connectivity index (χ1n) is 5.49. The van der Waals surface area contributed by atoms with Crippen LogP contribution in [0, 0.1) is 0 Å². The van der Waals surface area contributed by atoms with E-state index < -0.39 is 0 Å². The van der Waals surface area contributed by atoms with Crippen LogP contribution >= 0.6 is 27.5 Å². The number of benzene rings is 1. The highest BCUT2D eigenvalue weighted by Crippen LogP contribution is 2.31. The number of hydrogen-bond acceptors (Lipinski definition) is 2. The molecular formula is C12H16BrClN2. The largest absolute Gasteiger partial charge is 0.368 e. The molecular weight excluding hydrogens is 288 g/mol. The van der Waals surface area contributed by atoms with Gasteiger partial charge in [-0.05, 0) is 18.7 Å². The third-order valence-electron chi connectivity index (χ3n) is 3.03. The molecule has 0 amide bonds.